The first kappa shape index (κ1) is 22.6. The molecule has 174 valence electrons. The van der Waals surface area contributed by atoms with E-state index in [1.54, 1.807) is 23.0 Å². The SMILES string of the molecule is COCCn1c(SC(C)C(=O)N2CCCc3ccccc32)nc2sc3c(c2c1=O)CCCC3. The van der Waals surface area contributed by atoms with Gasteiger partial charge in [0.25, 0.3) is 5.56 Å². The van der Waals surface area contributed by atoms with Crippen molar-refractivity contribution in [2.45, 2.75) is 62.4 Å². The Morgan fingerprint density at radius 3 is 2.88 bits per heavy atom. The Bertz CT molecular complexity index is 1250. The van der Waals surface area contributed by atoms with Crippen molar-refractivity contribution in [2.75, 3.05) is 25.2 Å². The number of anilines is 1. The minimum Gasteiger partial charge on any atom is -0.383 e. The van der Waals surface area contributed by atoms with Gasteiger partial charge in [0.2, 0.25) is 5.91 Å². The van der Waals surface area contributed by atoms with Gasteiger partial charge in [0.15, 0.2) is 5.16 Å². The van der Waals surface area contributed by atoms with E-state index in [9.17, 15) is 9.59 Å². The second-order valence-corrected chi connectivity index (χ2v) is 11.1. The molecular weight excluding hydrogens is 454 g/mol. The fourth-order valence-electron chi connectivity index (χ4n) is 4.88. The van der Waals surface area contributed by atoms with Gasteiger partial charge in [0.1, 0.15) is 4.83 Å². The highest BCUT2D eigenvalue weighted by molar-refractivity contribution is 8.00. The van der Waals surface area contributed by atoms with E-state index in [0.29, 0.717) is 18.3 Å². The molecule has 1 atom stereocenters. The standard InChI is InChI=1S/C25H29N3O3S2/c1-16(23(29)27-13-7-9-17-8-3-5-11-19(17)27)32-25-26-22-21(24(30)28(25)14-15-31-2)18-10-4-6-12-20(18)33-22/h3,5,8,11,16H,4,6-7,9-10,12-15H2,1-2H3. The number of benzene rings is 1. The lowest BCUT2D eigenvalue weighted by Gasteiger charge is -2.31. The van der Waals surface area contributed by atoms with Crippen molar-refractivity contribution in [3.05, 3.63) is 50.6 Å². The van der Waals surface area contributed by atoms with Crippen molar-refractivity contribution < 1.29 is 9.53 Å². The van der Waals surface area contributed by atoms with Crippen LogP contribution in [0, 0.1) is 0 Å². The molecule has 0 spiro atoms. The highest BCUT2D eigenvalue weighted by Gasteiger charge is 2.29. The number of ether oxygens (including phenoxy) is 1. The molecule has 33 heavy (non-hydrogen) atoms. The zero-order valence-electron chi connectivity index (χ0n) is 19.1. The van der Waals surface area contributed by atoms with Gasteiger partial charge in [-0.25, -0.2) is 4.98 Å². The maximum atomic E-state index is 13.6. The van der Waals surface area contributed by atoms with Crippen LogP contribution in [0.2, 0.25) is 0 Å². The topological polar surface area (TPSA) is 64.4 Å². The lowest BCUT2D eigenvalue weighted by atomic mass is 9.97. The van der Waals surface area contributed by atoms with Gasteiger partial charge in [-0.2, -0.15) is 0 Å². The molecule has 8 heteroatoms. The van der Waals surface area contributed by atoms with E-state index in [1.165, 1.54) is 34.2 Å². The molecule has 3 heterocycles. The average molecular weight is 484 g/mol. The molecule has 0 fully saturated rings. The van der Waals surface area contributed by atoms with E-state index >= 15 is 0 Å². The molecule has 2 aromatic heterocycles. The van der Waals surface area contributed by atoms with Gasteiger partial charge in [-0.05, 0) is 62.6 Å². The van der Waals surface area contributed by atoms with E-state index in [0.717, 1.165) is 54.6 Å². The molecule has 0 saturated heterocycles. The zero-order chi connectivity index (χ0) is 22.9. The van der Waals surface area contributed by atoms with Gasteiger partial charge in [0, 0.05) is 24.2 Å². The van der Waals surface area contributed by atoms with Crippen LogP contribution in [0.4, 0.5) is 5.69 Å². The minimum atomic E-state index is -0.358. The molecule has 0 N–H and O–H groups in total. The first-order chi connectivity index (χ1) is 16.1. The van der Waals surface area contributed by atoms with Crippen molar-refractivity contribution in [1.29, 1.82) is 0 Å². The summed E-state index contributed by atoms with van der Waals surface area (Å²) in [4.78, 5) is 36.0. The van der Waals surface area contributed by atoms with Crippen molar-refractivity contribution in [2.24, 2.45) is 0 Å². The second kappa shape index (κ2) is 9.60. The van der Waals surface area contributed by atoms with Crippen LogP contribution in [-0.4, -0.2) is 41.0 Å². The summed E-state index contributed by atoms with van der Waals surface area (Å²) in [5.41, 5.74) is 3.42. The van der Waals surface area contributed by atoms with Crippen LogP contribution in [-0.2, 0) is 35.3 Å². The molecule has 5 rings (SSSR count). The number of thiophene rings is 1. The highest BCUT2D eigenvalue weighted by atomic mass is 32.2. The Kier molecular flexibility index (Phi) is 6.58. The molecule has 6 nitrogen and oxygen atoms in total. The summed E-state index contributed by atoms with van der Waals surface area (Å²) < 4.78 is 6.99. The summed E-state index contributed by atoms with van der Waals surface area (Å²) in [5, 5.41) is 1.03. The highest BCUT2D eigenvalue weighted by Crippen LogP contribution is 2.36. The van der Waals surface area contributed by atoms with E-state index in [-0.39, 0.29) is 16.7 Å². The van der Waals surface area contributed by atoms with Crippen molar-refractivity contribution in [3.63, 3.8) is 0 Å². The van der Waals surface area contributed by atoms with Crippen LogP contribution in [0.5, 0.6) is 0 Å². The normalized spacial score (nSPS) is 16.5. The first-order valence-electron chi connectivity index (χ1n) is 11.7. The summed E-state index contributed by atoms with van der Waals surface area (Å²) in [5.74, 6) is 0.0604. The molecule has 1 aliphatic carbocycles. The number of hydrogen-bond donors (Lipinski definition) is 0. The fourth-order valence-corrected chi connectivity index (χ4v) is 7.18. The quantitative estimate of drug-likeness (QED) is 0.383. The number of methoxy groups -OCH3 is 1. The Morgan fingerprint density at radius 1 is 1.21 bits per heavy atom. The Morgan fingerprint density at radius 2 is 2.03 bits per heavy atom. The Labute approximate surface area is 202 Å². The Balaban J connectivity index is 1.49. The van der Waals surface area contributed by atoms with E-state index in [2.05, 4.69) is 6.07 Å². The third kappa shape index (κ3) is 4.24. The summed E-state index contributed by atoms with van der Waals surface area (Å²) in [6.07, 6.45) is 6.23. The van der Waals surface area contributed by atoms with Gasteiger partial charge in [-0.3, -0.25) is 14.2 Å². The molecular formula is C25H29N3O3S2. The van der Waals surface area contributed by atoms with Crippen LogP contribution in [0.15, 0.2) is 34.2 Å². The van der Waals surface area contributed by atoms with Crippen LogP contribution >= 0.6 is 23.1 Å². The number of aryl methyl sites for hydroxylation is 3. The summed E-state index contributed by atoms with van der Waals surface area (Å²) in [7, 11) is 1.64. The third-order valence-electron chi connectivity index (χ3n) is 6.57. The van der Waals surface area contributed by atoms with Crippen molar-refractivity contribution in [1.82, 2.24) is 9.55 Å². The van der Waals surface area contributed by atoms with Crippen LogP contribution in [0.3, 0.4) is 0 Å². The number of para-hydroxylation sites is 1. The maximum Gasteiger partial charge on any atom is 0.263 e. The van der Waals surface area contributed by atoms with Gasteiger partial charge < -0.3 is 9.64 Å². The van der Waals surface area contributed by atoms with Gasteiger partial charge in [-0.15, -0.1) is 11.3 Å². The smallest absolute Gasteiger partial charge is 0.263 e. The lowest BCUT2D eigenvalue weighted by Crippen LogP contribution is -2.40. The number of thioether (sulfide) groups is 1. The predicted molar refractivity (Wildman–Crippen MR) is 135 cm³/mol. The second-order valence-electron chi connectivity index (χ2n) is 8.72. The molecule has 3 aromatic rings. The number of hydrogen-bond acceptors (Lipinski definition) is 6. The molecule has 1 aromatic carbocycles. The summed E-state index contributed by atoms with van der Waals surface area (Å²) in [6, 6.07) is 8.14. The van der Waals surface area contributed by atoms with Gasteiger partial charge in [0.05, 0.1) is 23.8 Å². The zero-order valence-corrected chi connectivity index (χ0v) is 20.8. The van der Waals surface area contributed by atoms with Gasteiger partial charge in [-0.1, -0.05) is 30.0 Å². The maximum absolute atomic E-state index is 13.6. The number of aromatic nitrogens is 2. The molecule has 1 aliphatic heterocycles. The molecule has 0 radical (unpaired) electrons. The van der Waals surface area contributed by atoms with E-state index in [4.69, 9.17) is 9.72 Å². The van der Waals surface area contributed by atoms with E-state index in [1.807, 2.05) is 30.0 Å². The molecule has 1 amide bonds. The number of fused-ring (bicyclic) bond motifs is 4. The molecule has 0 bridgehead atoms. The number of rotatable bonds is 6. The number of amides is 1. The summed E-state index contributed by atoms with van der Waals surface area (Å²) in [6.45, 7) is 3.50. The lowest BCUT2D eigenvalue weighted by molar-refractivity contribution is -0.117. The molecule has 1 unspecified atom stereocenters. The predicted octanol–water partition coefficient (Wildman–Crippen LogP) is 4.44. The fraction of sp³-hybridized carbons (Fsp3) is 0.480. The number of carbonyl (C=O) groups is 1. The van der Waals surface area contributed by atoms with Crippen LogP contribution < -0.4 is 10.5 Å². The van der Waals surface area contributed by atoms with E-state index < -0.39 is 0 Å². The minimum absolute atomic E-state index is 0.00178. The monoisotopic (exact) mass is 483 g/mol. The third-order valence-corrected chi connectivity index (χ3v) is 8.83. The molecule has 0 saturated carbocycles. The molecule has 2 aliphatic rings. The van der Waals surface area contributed by atoms with Crippen molar-refractivity contribution in [3.8, 4) is 0 Å². The first-order valence-corrected chi connectivity index (χ1v) is 13.4. The summed E-state index contributed by atoms with van der Waals surface area (Å²) >= 11 is 3.03. The van der Waals surface area contributed by atoms with Crippen molar-refractivity contribution >= 4 is 44.9 Å². The van der Waals surface area contributed by atoms with Crippen LogP contribution in [0.1, 0.15) is 42.2 Å². The number of nitrogens with zero attached hydrogens (tertiary/aromatic N) is 3. The van der Waals surface area contributed by atoms with Gasteiger partial charge >= 0.3 is 0 Å². The number of carbonyl (C=O) groups excluding carboxylic acids is 1. The largest absolute Gasteiger partial charge is 0.383 e. The van der Waals surface area contributed by atoms with Crippen LogP contribution in [0.25, 0.3) is 10.2 Å². The Hall–Kier alpha value is -2.16. The average Bonchev–Trinajstić information content (AvgIpc) is 3.21.